The highest BCUT2D eigenvalue weighted by atomic mass is 16.5. The molecule has 2 heteroatoms. The van der Waals surface area contributed by atoms with Crippen LogP contribution in [0.2, 0.25) is 0 Å². The van der Waals surface area contributed by atoms with Crippen LogP contribution >= 0.6 is 0 Å². The van der Waals surface area contributed by atoms with Crippen LogP contribution < -0.4 is 10.5 Å². The van der Waals surface area contributed by atoms with E-state index in [-0.39, 0.29) is 6.04 Å². The summed E-state index contributed by atoms with van der Waals surface area (Å²) in [7, 11) is 0. The van der Waals surface area contributed by atoms with Crippen molar-refractivity contribution in [1.82, 2.24) is 0 Å². The molecule has 1 aromatic rings. The van der Waals surface area contributed by atoms with Crippen molar-refractivity contribution in [2.24, 2.45) is 5.73 Å². The van der Waals surface area contributed by atoms with Crippen molar-refractivity contribution in [2.75, 3.05) is 6.61 Å². The minimum absolute atomic E-state index is 0.219. The van der Waals surface area contributed by atoms with Gasteiger partial charge in [0.1, 0.15) is 5.75 Å². The lowest BCUT2D eigenvalue weighted by molar-refractivity contribution is 0.288. The number of benzene rings is 1. The zero-order valence-corrected chi connectivity index (χ0v) is 8.62. The first-order chi connectivity index (χ1) is 6.75. The van der Waals surface area contributed by atoms with Gasteiger partial charge in [0.25, 0.3) is 0 Å². The summed E-state index contributed by atoms with van der Waals surface area (Å²) >= 11 is 0. The molecular weight excluding hydrogens is 174 g/mol. The minimum atomic E-state index is 0.219. The fourth-order valence-electron chi connectivity index (χ4n) is 1.88. The number of aryl methyl sites for hydroxylation is 1. The fraction of sp³-hybridized carbons (Fsp3) is 0.500. The molecule has 1 heterocycles. The SMILES string of the molecule is CC(N)Cc1ccc2c(c1)OCCC2. The first-order valence-electron chi connectivity index (χ1n) is 5.26. The number of rotatable bonds is 2. The first kappa shape index (κ1) is 9.53. The van der Waals surface area contributed by atoms with Crippen molar-refractivity contribution in [3.8, 4) is 5.75 Å². The molecule has 76 valence electrons. The predicted octanol–water partition coefficient (Wildman–Crippen LogP) is 1.90. The molecule has 14 heavy (non-hydrogen) atoms. The first-order valence-corrected chi connectivity index (χ1v) is 5.26. The van der Waals surface area contributed by atoms with E-state index in [0.717, 1.165) is 31.6 Å². The highest BCUT2D eigenvalue weighted by Gasteiger charge is 2.10. The summed E-state index contributed by atoms with van der Waals surface area (Å²) in [5, 5.41) is 0. The number of ether oxygens (including phenoxy) is 1. The van der Waals surface area contributed by atoms with Crippen LogP contribution in [-0.4, -0.2) is 12.6 Å². The molecule has 0 saturated heterocycles. The van der Waals surface area contributed by atoms with Gasteiger partial charge in [0, 0.05) is 6.04 Å². The third-order valence-electron chi connectivity index (χ3n) is 2.54. The summed E-state index contributed by atoms with van der Waals surface area (Å²) < 4.78 is 5.60. The monoisotopic (exact) mass is 191 g/mol. The molecule has 0 aromatic heterocycles. The lowest BCUT2D eigenvalue weighted by atomic mass is 10.0. The van der Waals surface area contributed by atoms with Crippen LogP contribution in [0, 0.1) is 0 Å². The molecule has 1 unspecified atom stereocenters. The number of fused-ring (bicyclic) bond motifs is 1. The second kappa shape index (κ2) is 4.01. The largest absolute Gasteiger partial charge is 0.493 e. The summed E-state index contributed by atoms with van der Waals surface area (Å²) in [5.74, 6) is 1.06. The van der Waals surface area contributed by atoms with Crippen molar-refractivity contribution in [3.05, 3.63) is 29.3 Å². The van der Waals surface area contributed by atoms with Gasteiger partial charge >= 0.3 is 0 Å². The van der Waals surface area contributed by atoms with Crippen molar-refractivity contribution in [1.29, 1.82) is 0 Å². The van der Waals surface area contributed by atoms with Crippen LogP contribution in [0.4, 0.5) is 0 Å². The van der Waals surface area contributed by atoms with Crippen molar-refractivity contribution in [2.45, 2.75) is 32.2 Å². The molecule has 2 N–H and O–H groups in total. The summed E-state index contributed by atoms with van der Waals surface area (Å²) in [6.07, 6.45) is 3.21. The van der Waals surface area contributed by atoms with E-state index in [2.05, 4.69) is 18.2 Å². The van der Waals surface area contributed by atoms with Crippen LogP contribution in [0.15, 0.2) is 18.2 Å². The van der Waals surface area contributed by atoms with E-state index in [9.17, 15) is 0 Å². The van der Waals surface area contributed by atoms with E-state index in [4.69, 9.17) is 10.5 Å². The lowest BCUT2D eigenvalue weighted by Gasteiger charge is -2.18. The summed E-state index contributed by atoms with van der Waals surface area (Å²) in [6, 6.07) is 6.69. The Hall–Kier alpha value is -1.02. The Morgan fingerprint density at radius 1 is 1.50 bits per heavy atom. The van der Waals surface area contributed by atoms with Gasteiger partial charge in [-0.25, -0.2) is 0 Å². The Bertz CT molecular complexity index is 320. The van der Waals surface area contributed by atoms with E-state index in [1.807, 2.05) is 6.92 Å². The smallest absolute Gasteiger partial charge is 0.122 e. The molecule has 0 radical (unpaired) electrons. The van der Waals surface area contributed by atoms with Gasteiger partial charge in [-0.15, -0.1) is 0 Å². The summed E-state index contributed by atoms with van der Waals surface area (Å²) in [6.45, 7) is 2.88. The Labute approximate surface area is 85.1 Å². The third kappa shape index (κ3) is 2.07. The maximum Gasteiger partial charge on any atom is 0.122 e. The molecular formula is C12H17NO. The van der Waals surface area contributed by atoms with Crippen molar-refractivity contribution < 1.29 is 4.74 Å². The molecule has 0 bridgehead atoms. The molecule has 1 atom stereocenters. The van der Waals surface area contributed by atoms with E-state index in [1.165, 1.54) is 11.1 Å². The van der Waals surface area contributed by atoms with Gasteiger partial charge in [-0.3, -0.25) is 0 Å². The number of hydrogen-bond acceptors (Lipinski definition) is 2. The number of hydrogen-bond donors (Lipinski definition) is 1. The highest BCUT2D eigenvalue weighted by Crippen LogP contribution is 2.26. The molecule has 0 spiro atoms. The van der Waals surface area contributed by atoms with E-state index < -0.39 is 0 Å². The lowest BCUT2D eigenvalue weighted by Crippen LogP contribution is -2.18. The van der Waals surface area contributed by atoms with Crippen LogP contribution in [-0.2, 0) is 12.8 Å². The molecule has 1 aromatic carbocycles. The quantitative estimate of drug-likeness (QED) is 0.775. The van der Waals surface area contributed by atoms with Crippen LogP contribution in [0.25, 0.3) is 0 Å². The highest BCUT2D eigenvalue weighted by molar-refractivity contribution is 5.39. The Morgan fingerprint density at radius 2 is 2.36 bits per heavy atom. The van der Waals surface area contributed by atoms with Gasteiger partial charge < -0.3 is 10.5 Å². The Morgan fingerprint density at radius 3 is 3.14 bits per heavy atom. The predicted molar refractivity (Wildman–Crippen MR) is 57.6 cm³/mol. The molecule has 0 fully saturated rings. The van der Waals surface area contributed by atoms with Crippen molar-refractivity contribution >= 4 is 0 Å². The van der Waals surface area contributed by atoms with Gasteiger partial charge in [0.2, 0.25) is 0 Å². The van der Waals surface area contributed by atoms with Gasteiger partial charge in [-0.05, 0) is 43.4 Å². The van der Waals surface area contributed by atoms with Gasteiger partial charge in [-0.2, -0.15) is 0 Å². The van der Waals surface area contributed by atoms with E-state index in [1.54, 1.807) is 0 Å². The Kier molecular flexibility index (Phi) is 2.73. The minimum Gasteiger partial charge on any atom is -0.493 e. The zero-order valence-electron chi connectivity index (χ0n) is 8.62. The molecule has 1 aliphatic heterocycles. The average Bonchev–Trinajstić information content (AvgIpc) is 2.17. The number of nitrogens with two attached hydrogens (primary N) is 1. The summed E-state index contributed by atoms with van der Waals surface area (Å²) in [4.78, 5) is 0. The van der Waals surface area contributed by atoms with Crippen molar-refractivity contribution in [3.63, 3.8) is 0 Å². The van der Waals surface area contributed by atoms with Crippen LogP contribution in [0.3, 0.4) is 0 Å². The molecule has 0 aliphatic carbocycles. The second-order valence-electron chi connectivity index (χ2n) is 4.08. The third-order valence-corrected chi connectivity index (χ3v) is 2.54. The Balaban J connectivity index is 2.20. The van der Waals surface area contributed by atoms with Crippen LogP contribution in [0.1, 0.15) is 24.5 Å². The molecule has 2 nitrogen and oxygen atoms in total. The average molecular weight is 191 g/mol. The second-order valence-corrected chi connectivity index (χ2v) is 4.08. The van der Waals surface area contributed by atoms with Gasteiger partial charge in [0.15, 0.2) is 0 Å². The topological polar surface area (TPSA) is 35.2 Å². The zero-order chi connectivity index (χ0) is 9.97. The molecule has 0 saturated carbocycles. The molecule has 1 aliphatic rings. The molecule has 0 amide bonds. The van der Waals surface area contributed by atoms with E-state index >= 15 is 0 Å². The fourth-order valence-corrected chi connectivity index (χ4v) is 1.88. The maximum atomic E-state index is 5.76. The molecule has 2 rings (SSSR count). The maximum absolute atomic E-state index is 5.76. The van der Waals surface area contributed by atoms with Crippen LogP contribution in [0.5, 0.6) is 5.75 Å². The summed E-state index contributed by atoms with van der Waals surface area (Å²) in [5.41, 5.74) is 8.38. The van der Waals surface area contributed by atoms with Gasteiger partial charge in [-0.1, -0.05) is 12.1 Å². The van der Waals surface area contributed by atoms with E-state index in [0.29, 0.717) is 0 Å². The van der Waals surface area contributed by atoms with Gasteiger partial charge in [0.05, 0.1) is 6.61 Å². The normalized spacial score (nSPS) is 17.0. The standard InChI is InChI=1S/C12H17NO/c1-9(13)7-10-4-5-11-3-2-6-14-12(11)8-10/h4-5,8-9H,2-3,6-7,13H2,1H3.